The normalized spacial score (nSPS) is 27.9. The molecular weight excluding hydrogens is 214 g/mol. The standard InChI is InChI=1S/C10H19NO3S/c1-3-8-15(13,14)11(2)9-6-4-5-7-10(9)12/h3,9-10,12H,1,4-8H2,2H3. The highest BCUT2D eigenvalue weighted by molar-refractivity contribution is 7.89. The molecule has 88 valence electrons. The minimum absolute atomic E-state index is 0.0628. The van der Waals surface area contributed by atoms with Gasteiger partial charge in [0.15, 0.2) is 0 Å². The number of aliphatic hydroxyl groups is 1. The maximum Gasteiger partial charge on any atom is 0.217 e. The first-order chi connectivity index (χ1) is 6.99. The lowest BCUT2D eigenvalue weighted by Crippen LogP contribution is -2.46. The number of nitrogens with zero attached hydrogens (tertiary/aromatic N) is 1. The van der Waals surface area contributed by atoms with E-state index >= 15 is 0 Å². The fourth-order valence-corrected chi connectivity index (χ4v) is 3.18. The van der Waals surface area contributed by atoms with Crippen molar-refractivity contribution in [3.8, 4) is 0 Å². The molecule has 0 radical (unpaired) electrons. The molecule has 2 atom stereocenters. The Morgan fingerprint density at radius 2 is 2.07 bits per heavy atom. The van der Waals surface area contributed by atoms with Crippen molar-refractivity contribution >= 4 is 10.0 Å². The Labute approximate surface area is 91.6 Å². The Bertz CT molecular complexity index is 313. The number of hydrogen-bond acceptors (Lipinski definition) is 3. The fourth-order valence-electron chi connectivity index (χ4n) is 1.99. The summed E-state index contributed by atoms with van der Waals surface area (Å²) in [5.74, 6) is -0.0628. The van der Waals surface area contributed by atoms with E-state index in [-0.39, 0.29) is 11.8 Å². The molecule has 1 rings (SSSR count). The molecule has 5 heteroatoms. The molecule has 1 aliphatic rings. The number of likely N-dealkylation sites (N-methyl/N-ethyl adjacent to an activating group) is 1. The average Bonchev–Trinajstić information content (AvgIpc) is 2.17. The zero-order valence-electron chi connectivity index (χ0n) is 9.09. The Balaban J connectivity index is 2.73. The van der Waals surface area contributed by atoms with E-state index in [0.29, 0.717) is 6.42 Å². The Kier molecular flexibility index (Phi) is 4.31. The molecule has 4 nitrogen and oxygen atoms in total. The Hall–Kier alpha value is -0.390. The van der Waals surface area contributed by atoms with Gasteiger partial charge in [-0.15, -0.1) is 6.58 Å². The molecule has 1 aliphatic carbocycles. The van der Waals surface area contributed by atoms with Gasteiger partial charge in [0, 0.05) is 7.05 Å². The summed E-state index contributed by atoms with van der Waals surface area (Å²) in [6, 6.07) is -0.260. The van der Waals surface area contributed by atoms with Gasteiger partial charge in [-0.25, -0.2) is 8.42 Å². The molecule has 1 N–H and O–H groups in total. The summed E-state index contributed by atoms with van der Waals surface area (Å²) in [6.45, 7) is 3.42. The predicted octanol–water partition coefficient (Wildman–Crippen LogP) is 0.737. The van der Waals surface area contributed by atoms with Crippen molar-refractivity contribution in [1.29, 1.82) is 0 Å². The van der Waals surface area contributed by atoms with Gasteiger partial charge in [-0.1, -0.05) is 18.9 Å². The summed E-state index contributed by atoms with van der Waals surface area (Å²) in [7, 11) is -1.75. The number of sulfonamides is 1. The van der Waals surface area contributed by atoms with Crippen molar-refractivity contribution in [3.05, 3.63) is 12.7 Å². The molecule has 1 saturated carbocycles. The van der Waals surface area contributed by atoms with Crippen LogP contribution in [0.2, 0.25) is 0 Å². The molecule has 0 spiro atoms. The van der Waals surface area contributed by atoms with Crippen LogP contribution in [0.3, 0.4) is 0 Å². The van der Waals surface area contributed by atoms with Crippen LogP contribution in [-0.4, -0.2) is 42.8 Å². The van der Waals surface area contributed by atoms with Gasteiger partial charge < -0.3 is 5.11 Å². The Morgan fingerprint density at radius 3 is 2.60 bits per heavy atom. The molecule has 0 aromatic carbocycles. The minimum atomic E-state index is -3.29. The molecule has 2 unspecified atom stereocenters. The molecule has 0 aliphatic heterocycles. The van der Waals surface area contributed by atoms with Crippen LogP contribution in [0.25, 0.3) is 0 Å². The summed E-state index contributed by atoms with van der Waals surface area (Å²) in [6.07, 6.45) is 4.25. The van der Waals surface area contributed by atoms with Crippen LogP contribution in [0.1, 0.15) is 25.7 Å². The van der Waals surface area contributed by atoms with Crippen molar-refractivity contribution in [1.82, 2.24) is 4.31 Å². The lowest BCUT2D eigenvalue weighted by molar-refractivity contribution is 0.0639. The first kappa shape index (κ1) is 12.7. The van der Waals surface area contributed by atoms with Crippen molar-refractivity contribution < 1.29 is 13.5 Å². The topological polar surface area (TPSA) is 57.6 Å². The van der Waals surface area contributed by atoms with E-state index in [9.17, 15) is 13.5 Å². The molecule has 1 fully saturated rings. The van der Waals surface area contributed by atoms with Gasteiger partial charge in [0.1, 0.15) is 0 Å². The first-order valence-corrected chi connectivity index (χ1v) is 6.84. The third kappa shape index (κ3) is 3.03. The second-order valence-electron chi connectivity index (χ2n) is 4.00. The van der Waals surface area contributed by atoms with Crippen LogP contribution in [0.5, 0.6) is 0 Å². The van der Waals surface area contributed by atoms with Crippen molar-refractivity contribution in [2.75, 3.05) is 12.8 Å². The average molecular weight is 233 g/mol. The van der Waals surface area contributed by atoms with Crippen molar-refractivity contribution in [3.63, 3.8) is 0 Å². The number of rotatable bonds is 4. The molecule has 0 heterocycles. The fraction of sp³-hybridized carbons (Fsp3) is 0.800. The van der Waals surface area contributed by atoms with Crippen LogP contribution in [-0.2, 0) is 10.0 Å². The lowest BCUT2D eigenvalue weighted by atomic mass is 9.93. The van der Waals surface area contributed by atoms with Crippen LogP contribution in [0, 0.1) is 0 Å². The van der Waals surface area contributed by atoms with Crippen molar-refractivity contribution in [2.45, 2.75) is 37.8 Å². The summed E-state index contributed by atoms with van der Waals surface area (Å²) >= 11 is 0. The molecule has 0 bridgehead atoms. The van der Waals surface area contributed by atoms with Crippen LogP contribution >= 0.6 is 0 Å². The third-order valence-corrected chi connectivity index (χ3v) is 4.73. The largest absolute Gasteiger partial charge is 0.391 e. The number of hydrogen-bond donors (Lipinski definition) is 1. The van der Waals surface area contributed by atoms with Gasteiger partial charge in [0.2, 0.25) is 10.0 Å². The quantitative estimate of drug-likeness (QED) is 0.729. The summed E-state index contributed by atoms with van der Waals surface area (Å²) < 4.78 is 24.7. The van der Waals surface area contributed by atoms with E-state index in [0.717, 1.165) is 19.3 Å². The van der Waals surface area contributed by atoms with E-state index in [1.807, 2.05) is 0 Å². The summed E-state index contributed by atoms with van der Waals surface area (Å²) in [5.41, 5.74) is 0. The molecule has 0 aromatic heterocycles. The second kappa shape index (κ2) is 5.09. The zero-order valence-corrected chi connectivity index (χ0v) is 9.91. The highest BCUT2D eigenvalue weighted by Gasteiger charge is 2.32. The van der Waals surface area contributed by atoms with Gasteiger partial charge in [-0.2, -0.15) is 4.31 Å². The second-order valence-corrected chi connectivity index (χ2v) is 6.08. The third-order valence-electron chi connectivity index (χ3n) is 2.93. The van der Waals surface area contributed by atoms with Gasteiger partial charge in [0.05, 0.1) is 17.9 Å². The van der Waals surface area contributed by atoms with E-state index in [1.165, 1.54) is 17.4 Å². The maximum atomic E-state index is 11.7. The Morgan fingerprint density at radius 1 is 1.47 bits per heavy atom. The van der Waals surface area contributed by atoms with Crippen LogP contribution in [0.15, 0.2) is 12.7 Å². The van der Waals surface area contributed by atoms with Crippen LogP contribution in [0.4, 0.5) is 0 Å². The van der Waals surface area contributed by atoms with E-state index in [2.05, 4.69) is 6.58 Å². The predicted molar refractivity (Wildman–Crippen MR) is 60.0 cm³/mol. The monoisotopic (exact) mass is 233 g/mol. The van der Waals surface area contributed by atoms with Crippen molar-refractivity contribution in [2.24, 2.45) is 0 Å². The number of aliphatic hydroxyl groups excluding tert-OH is 1. The van der Waals surface area contributed by atoms with Gasteiger partial charge in [-0.05, 0) is 12.8 Å². The van der Waals surface area contributed by atoms with Gasteiger partial charge in [-0.3, -0.25) is 0 Å². The van der Waals surface area contributed by atoms with Crippen LogP contribution < -0.4 is 0 Å². The highest BCUT2D eigenvalue weighted by Crippen LogP contribution is 2.24. The zero-order chi connectivity index (χ0) is 11.5. The molecular formula is C10H19NO3S. The summed E-state index contributed by atoms with van der Waals surface area (Å²) in [4.78, 5) is 0. The lowest BCUT2D eigenvalue weighted by Gasteiger charge is -2.34. The van der Waals surface area contributed by atoms with Gasteiger partial charge in [0.25, 0.3) is 0 Å². The van der Waals surface area contributed by atoms with Gasteiger partial charge >= 0.3 is 0 Å². The van der Waals surface area contributed by atoms with E-state index in [1.54, 1.807) is 0 Å². The van der Waals surface area contributed by atoms with E-state index < -0.39 is 16.1 Å². The SMILES string of the molecule is C=CCS(=O)(=O)N(C)C1CCCCC1O. The molecule has 0 saturated heterocycles. The first-order valence-electron chi connectivity index (χ1n) is 5.23. The summed E-state index contributed by atoms with van der Waals surface area (Å²) in [5, 5.41) is 9.74. The molecule has 0 aromatic rings. The maximum absolute atomic E-state index is 11.7. The molecule has 15 heavy (non-hydrogen) atoms. The minimum Gasteiger partial charge on any atom is -0.391 e. The highest BCUT2D eigenvalue weighted by atomic mass is 32.2. The van der Waals surface area contributed by atoms with E-state index in [4.69, 9.17) is 0 Å². The molecule has 0 amide bonds. The smallest absolute Gasteiger partial charge is 0.217 e.